The van der Waals surface area contributed by atoms with Crippen LogP contribution in [0.2, 0.25) is 0 Å². The summed E-state index contributed by atoms with van der Waals surface area (Å²) in [6.07, 6.45) is 1.94. The zero-order valence-corrected chi connectivity index (χ0v) is 31.1. The number of nitrogens with zero attached hydrogens (tertiary/aromatic N) is 4. The molecule has 0 saturated carbocycles. The highest BCUT2D eigenvalue weighted by atomic mass is 15.1. The zero-order valence-electron chi connectivity index (χ0n) is 31.1. The van der Waals surface area contributed by atoms with E-state index in [9.17, 15) is 0 Å². The topological polar surface area (TPSA) is 51.4 Å². The van der Waals surface area contributed by atoms with Gasteiger partial charge in [0.2, 0.25) is 0 Å². The lowest BCUT2D eigenvalue weighted by atomic mass is 10.0. The Bertz CT molecular complexity index is 3270. The molecule has 7 aromatic carbocycles. The fraction of sp³-hybridized carbons (Fsp3) is 0.0588. The summed E-state index contributed by atoms with van der Waals surface area (Å²) in [5.74, 6) is 2.20. The molecule has 11 rings (SSSR count). The number of imidazole rings is 1. The van der Waals surface area contributed by atoms with E-state index < -0.39 is 0 Å². The predicted octanol–water partition coefficient (Wildman–Crippen LogP) is 13.3. The van der Waals surface area contributed by atoms with Gasteiger partial charge in [-0.1, -0.05) is 123 Å². The predicted molar refractivity (Wildman–Crippen MR) is 233 cm³/mol. The summed E-state index contributed by atoms with van der Waals surface area (Å²) in [6, 6.07) is 60.8. The van der Waals surface area contributed by atoms with Crippen molar-refractivity contribution >= 4 is 54.6 Å². The molecule has 4 aromatic heterocycles. The van der Waals surface area contributed by atoms with Crippen molar-refractivity contribution in [2.24, 2.45) is 0 Å². The zero-order chi connectivity index (χ0) is 37.3. The van der Waals surface area contributed by atoms with Crippen LogP contribution in [0.15, 0.2) is 176 Å². The molecule has 1 N–H and O–H groups in total. The molecule has 0 spiro atoms. The average molecular weight is 720 g/mol. The van der Waals surface area contributed by atoms with Gasteiger partial charge in [-0.2, -0.15) is 0 Å². The van der Waals surface area contributed by atoms with E-state index in [1.54, 1.807) is 0 Å². The van der Waals surface area contributed by atoms with Crippen LogP contribution in [0.5, 0.6) is 0 Å². The second kappa shape index (κ2) is 12.7. The molecule has 0 atom stereocenters. The minimum Gasteiger partial charge on any atom is -0.354 e. The SMILES string of the molecule is CC(C)c1ccnc(-n2c3ccc(-c4ccccc4)cc3c3ccc(-c4cccc5c4nc(-c4cccc6c4[nH]c4ccccc46)n5-c4ccccc4)cc32)c1. The van der Waals surface area contributed by atoms with Crippen LogP contribution in [-0.4, -0.2) is 24.1 Å². The van der Waals surface area contributed by atoms with E-state index in [0.717, 1.165) is 67.1 Å². The van der Waals surface area contributed by atoms with Gasteiger partial charge in [0.25, 0.3) is 0 Å². The highest BCUT2D eigenvalue weighted by Crippen LogP contribution is 2.41. The summed E-state index contributed by atoms with van der Waals surface area (Å²) >= 11 is 0. The molecule has 4 heterocycles. The molecule has 5 nitrogen and oxygen atoms in total. The van der Waals surface area contributed by atoms with Gasteiger partial charge in [0, 0.05) is 50.1 Å². The van der Waals surface area contributed by atoms with Crippen molar-refractivity contribution in [3.05, 3.63) is 182 Å². The summed E-state index contributed by atoms with van der Waals surface area (Å²) in [5.41, 5.74) is 14.4. The Kier molecular flexibility index (Phi) is 7.29. The quantitative estimate of drug-likeness (QED) is 0.186. The normalized spacial score (nSPS) is 11.9. The van der Waals surface area contributed by atoms with E-state index in [0.29, 0.717) is 5.92 Å². The second-order valence-corrected chi connectivity index (χ2v) is 14.9. The van der Waals surface area contributed by atoms with Gasteiger partial charge in [-0.25, -0.2) is 9.97 Å². The van der Waals surface area contributed by atoms with E-state index in [4.69, 9.17) is 9.97 Å². The molecule has 0 aliphatic carbocycles. The largest absolute Gasteiger partial charge is 0.354 e. The monoisotopic (exact) mass is 719 g/mol. The molecule has 5 heteroatoms. The Morgan fingerprint density at radius 1 is 0.500 bits per heavy atom. The number of hydrogen-bond acceptors (Lipinski definition) is 2. The fourth-order valence-corrected chi connectivity index (χ4v) is 8.57. The van der Waals surface area contributed by atoms with E-state index in [2.05, 4.69) is 198 Å². The van der Waals surface area contributed by atoms with Gasteiger partial charge in [0.05, 0.1) is 27.6 Å². The third-order valence-electron chi connectivity index (χ3n) is 11.3. The molecule has 0 aliphatic heterocycles. The second-order valence-electron chi connectivity index (χ2n) is 14.9. The molecule has 56 heavy (non-hydrogen) atoms. The number of benzene rings is 7. The first-order chi connectivity index (χ1) is 27.6. The Morgan fingerprint density at radius 2 is 1.25 bits per heavy atom. The van der Waals surface area contributed by atoms with Gasteiger partial charge in [-0.3, -0.25) is 9.13 Å². The first-order valence-corrected chi connectivity index (χ1v) is 19.3. The number of aromatic nitrogens is 5. The third kappa shape index (κ3) is 5.01. The van der Waals surface area contributed by atoms with Crippen LogP contribution in [0.3, 0.4) is 0 Å². The number of fused-ring (bicyclic) bond motifs is 7. The van der Waals surface area contributed by atoms with E-state index >= 15 is 0 Å². The third-order valence-corrected chi connectivity index (χ3v) is 11.3. The molecule has 0 bridgehead atoms. The van der Waals surface area contributed by atoms with Crippen LogP contribution < -0.4 is 0 Å². The van der Waals surface area contributed by atoms with Gasteiger partial charge >= 0.3 is 0 Å². The number of rotatable bonds is 6. The Hall–Kier alpha value is -7.24. The standard InChI is InChI=1S/C51H37N5/c1-32(2)34-27-28-52-48(31-34)56-45-26-24-35(33-13-5-3-6-14-33)29-43(45)40-25-23-36(30-47(40)56)38-18-12-22-46-50(38)54-51(55(46)37-15-7-4-8-16-37)42-20-11-19-41-39-17-9-10-21-44(39)53-49(41)42/h3-32,53H,1-2H3. The van der Waals surface area contributed by atoms with E-state index in [-0.39, 0.29) is 0 Å². The van der Waals surface area contributed by atoms with Crippen LogP contribution in [0.25, 0.3) is 99.8 Å². The maximum atomic E-state index is 5.56. The number of hydrogen-bond donors (Lipinski definition) is 1. The van der Waals surface area contributed by atoms with Crippen molar-refractivity contribution < 1.29 is 0 Å². The van der Waals surface area contributed by atoms with Crippen molar-refractivity contribution in [2.45, 2.75) is 19.8 Å². The maximum Gasteiger partial charge on any atom is 0.147 e. The van der Waals surface area contributed by atoms with Gasteiger partial charge in [-0.05, 0) is 88.8 Å². The molecule has 0 radical (unpaired) electrons. The van der Waals surface area contributed by atoms with E-state index in [1.165, 1.54) is 38.2 Å². The van der Waals surface area contributed by atoms with Crippen molar-refractivity contribution in [3.8, 4) is 45.1 Å². The highest BCUT2D eigenvalue weighted by molar-refractivity contribution is 6.13. The van der Waals surface area contributed by atoms with Crippen LogP contribution in [0.4, 0.5) is 0 Å². The van der Waals surface area contributed by atoms with Crippen molar-refractivity contribution in [1.29, 1.82) is 0 Å². The lowest BCUT2D eigenvalue weighted by Gasteiger charge is -2.12. The lowest BCUT2D eigenvalue weighted by molar-refractivity contribution is 0.858. The molecule has 266 valence electrons. The van der Waals surface area contributed by atoms with Crippen molar-refractivity contribution in [2.75, 3.05) is 0 Å². The molecular formula is C51H37N5. The minimum atomic E-state index is 0.381. The molecule has 0 aliphatic rings. The summed E-state index contributed by atoms with van der Waals surface area (Å²) in [4.78, 5) is 14.3. The van der Waals surface area contributed by atoms with Crippen LogP contribution >= 0.6 is 0 Å². The minimum absolute atomic E-state index is 0.381. The average Bonchev–Trinajstić information content (AvgIpc) is 3.93. The number of nitrogens with one attached hydrogen (secondary N) is 1. The van der Waals surface area contributed by atoms with Crippen LogP contribution in [0.1, 0.15) is 25.3 Å². The number of aromatic amines is 1. The smallest absolute Gasteiger partial charge is 0.147 e. The molecule has 0 unspecified atom stereocenters. The number of H-pyrrole nitrogens is 1. The van der Waals surface area contributed by atoms with E-state index in [1.807, 2.05) is 6.20 Å². The van der Waals surface area contributed by atoms with Gasteiger partial charge in [-0.15, -0.1) is 0 Å². The summed E-state index contributed by atoms with van der Waals surface area (Å²) in [7, 11) is 0. The number of para-hydroxylation sites is 4. The van der Waals surface area contributed by atoms with Crippen LogP contribution in [0, 0.1) is 0 Å². The van der Waals surface area contributed by atoms with Crippen molar-refractivity contribution in [3.63, 3.8) is 0 Å². The van der Waals surface area contributed by atoms with Gasteiger partial charge in [0.15, 0.2) is 0 Å². The molecule has 0 amide bonds. The molecular weight excluding hydrogens is 683 g/mol. The van der Waals surface area contributed by atoms with Crippen LogP contribution in [-0.2, 0) is 0 Å². The highest BCUT2D eigenvalue weighted by Gasteiger charge is 2.22. The summed E-state index contributed by atoms with van der Waals surface area (Å²) in [6.45, 7) is 4.47. The maximum absolute atomic E-state index is 5.56. The first kappa shape index (κ1) is 32.2. The van der Waals surface area contributed by atoms with Gasteiger partial charge < -0.3 is 4.98 Å². The van der Waals surface area contributed by atoms with Gasteiger partial charge in [0.1, 0.15) is 11.6 Å². The molecule has 0 saturated heterocycles. The summed E-state index contributed by atoms with van der Waals surface area (Å²) in [5, 5.41) is 4.78. The number of pyridine rings is 1. The lowest BCUT2D eigenvalue weighted by Crippen LogP contribution is -1.99. The fourth-order valence-electron chi connectivity index (χ4n) is 8.57. The Morgan fingerprint density at radius 3 is 2.11 bits per heavy atom. The first-order valence-electron chi connectivity index (χ1n) is 19.3. The summed E-state index contributed by atoms with van der Waals surface area (Å²) < 4.78 is 4.64. The van der Waals surface area contributed by atoms with Crippen molar-refractivity contribution in [1.82, 2.24) is 24.1 Å². The molecule has 0 fully saturated rings. The Balaban J connectivity index is 1.17. The Labute approximate surface area is 324 Å². The molecule has 11 aromatic rings.